The van der Waals surface area contributed by atoms with Crippen LogP contribution in [0.25, 0.3) is 0 Å². The van der Waals surface area contributed by atoms with E-state index >= 15 is 0 Å². The Morgan fingerprint density at radius 1 is 1.07 bits per heavy atom. The molecule has 2 saturated heterocycles. The van der Waals surface area contributed by atoms with Crippen LogP contribution >= 0.6 is 0 Å². The molecule has 4 rings (SSSR count). The average molecular weight is 408 g/mol. The van der Waals surface area contributed by atoms with Gasteiger partial charge in [-0.25, -0.2) is 9.97 Å². The highest BCUT2D eigenvalue weighted by molar-refractivity contribution is 6.00. The maximum Gasteiger partial charge on any atom is 0.228 e. The minimum atomic E-state index is -0.267. The van der Waals surface area contributed by atoms with Gasteiger partial charge in [-0.05, 0) is 36.6 Å². The lowest BCUT2D eigenvalue weighted by Crippen LogP contribution is -2.51. The van der Waals surface area contributed by atoms with Crippen molar-refractivity contribution in [3.63, 3.8) is 0 Å². The smallest absolute Gasteiger partial charge is 0.228 e. The highest BCUT2D eigenvalue weighted by Gasteiger charge is 2.38. The molecule has 2 fully saturated rings. The maximum absolute atomic E-state index is 13.0. The van der Waals surface area contributed by atoms with Crippen molar-refractivity contribution in [2.45, 2.75) is 32.6 Å². The molecule has 3 heterocycles. The summed E-state index contributed by atoms with van der Waals surface area (Å²) >= 11 is 0. The van der Waals surface area contributed by atoms with E-state index in [0.717, 1.165) is 12.1 Å². The van der Waals surface area contributed by atoms with Crippen LogP contribution in [0, 0.1) is 5.92 Å². The molecule has 0 aliphatic carbocycles. The van der Waals surface area contributed by atoms with Crippen molar-refractivity contribution in [2.75, 3.05) is 42.5 Å². The first-order valence-corrected chi connectivity index (χ1v) is 10.9. The van der Waals surface area contributed by atoms with Crippen molar-refractivity contribution < 1.29 is 9.59 Å². The Hall–Kier alpha value is -2.96. The third kappa shape index (κ3) is 4.45. The first kappa shape index (κ1) is 20.3. The van der Waals surface area contributed by atoms with Crippen molar-refractivity contribution in [3.05, 3.63) is 48.3 Å². The molecule has 1 aromatic heterocycles. The molecule has 7 heteroatoms. The quantitative estimate of drug-likeness (QED) is 0.736. The summed E-state index contributed by atoms with van der Waals surface area (Å²) in [6.07, 6.45) is 7.15. The lowest BCUT2D eigenvalue weighted by atomic mass is 10.1. The number of carbonyl (C=O) groups is 2. The number of amides is 2. The number of hydrogen-bond donors (Lipinski definition) is 0. The Morgan fingerprint density at radius 3 is 2.43 bits per heavy atom. The molecule has 2 aliphatic rings. The van der Waals surface area contributed by atoms with Gasteiger partial charge in [0.15, 0.2) is 0 Å². The van der Waals surface area contributed by atoms with E-state index in [2.05, 4.69) is 33.9 Å². The predicted octanol–water partition coefficient (Wildman–Crippen LogP) is 2.52. The van der Waals surface area contributed by atoms with Gasteiger partial charge in [0.25, 0.3) is 0 Å². The summed E-state index contributed by atoms with van der Waals surface area (Å²) < 4.78 is 0. The van der Waals surface area contributed by atoms with Crippen LogP contribution in [0.3, 0.4) is 0 Å². The number of hydrogen-bond acceptors (Lipinski definition) is 5. The van der Waals surface area contributed by atoms with Gasteiger partial charge < -0.3 is 14.7 Å². The first-order chi connectivity index (χ1) is 14.7. The van der Waals surface area contributed by atoms with Gasteiger partial charge in [0.05, 0.1) is 5.92 Å². The van der Waals surface area contributed by atoms with Crippen LogP contribution in [0.15, 0.2) is 42.7 Å². The summed E-state index contributed by atoms with van der Waals surface area (Å²) in [6, 6.07) is 10.0. The van der Waals surface area contributed by atoms with Crippen LogP contribution in [0.5, 0.6) is 0 Å². The molecule has 1 aromatic carbocycles. The van der Waals surface area contributed by atoms with E-state index in [9.17, 15) is 9.59 Å². The van der Waals surface area contributed by atoms with Gasteiger partial charge in [0, 0.05) is 57.2 Å². The molecule has 1 atom stereocenters. The molecule has 0 radical (unpaired) electrons. The molecule has 1 unspecified atom stereocenters. The molecule has 0 saturated carbocycles. The summed E-state index contributed by atoms with van der Waals surface area (Å²) in [7, 11) is 0. The molecular weight excluding hydrogens is 378 g/mol. The molecule has 0 spiro atoms. The summed E-state index contributed by atoms with van der Waals surface area (Å²) in [6.45, 7) is 5.33. The molecular formula is C23H29N5O2. The van der Waals surface area contributed by atoms with Gasteiger partial charge in [0.2, 0.25) is 17.8 Å². The zero-order valence-corrected chi connectivity index (χ0v) is 17.5. The van der Waals surface area contributed by atoms with Crippen LogP contribution in [0.4, 0.5) is 11.6 Å². The number of carbonyl (C=O) groups excluding carboxylic acids is 2. The van der Waals surface area contributed by atoms with Crippen molar-refractivity contribution in [2.24, 2.45) is 5.92 Å². The average Bonchev–Trinajstić information content (AvgIpc) is 3.20. The zero-order valence-electron chi connectivity index (χ0n) is 17.5. The van der Waals surface area contributed by atoms with Gasteiger partial charge in [-0.1, -0.05) is 25.5 Å². The Kier molecular flexibility index (Phi) is 6.26. The molecule has 158 valence electrons. The van der Waals surface area contributed by atoms with Crippen molar-refractivity contribution in [1.29, 1.82) is 0 Å². The Balaban J connectivity index is 1.33. The molecule has 2 aromatic rings. The minimum absolute atomic E-state index is 0.0333. The fraction of sp³-hybridized carbons (Fsp3) is 0.478. The van der Waals surface area contributed by atoms with Crippen molar-refractivity contribution >= 4 is 23.5 Å². The standard InChI is InChI=1S/C23H29N5O2/c1-2-3-5-18-6-8-20(9-7-18)28-17-19(16-21(28)29)22(30)26-12-14-27(15-13-26)23-24-10-4-11-25-23/h4,6-11,19H,2-3,5,12-17H2,1H3. The van der Waals surface area contributed by atoms with Gasteiger partial charge in [-0.15, -0.1) is 0 Å². The second-order valence-electron chi connectivity index (χ2n) is 8.04. The lowest BCUT2D eigenvalue weighted by molar-refractivity contribution is -0.136. The zero-order chi connectivity index (χ0) is 20.9. The van der Waals surface area contributed by atoms with E-state index in [0.29, 0.717) is 45.1 Å². The van der Waals surface area contributed by atoms with E-state index in [-0.39, 0.29) is 17.7 Å². The monoisotopic (exact) mass is 407 g/mol. The second-order valence-corrected chi connectivity index (χ2v) is 8.04. The molecule has 7 nitrogen and oxygen atoms in total. The molecule has 30 heavy (non-hydrogen) atoms. The Labute approximate surface area is 177 Å². The Morgan fingerprint density at radius 2 is 1.77 bits per heavy atom. The maximum atomic E-state index is 13.0. The van der Waals surface area contributed by atoms with Crippen molar-refractivity contribution in [3.8, 4) is 0 Å². The van der Waals surface area contributed by atoms with Crippen LogP contribution in [-0.4, -0.2) is 59.4 Å². The van der Waals surface area contributed by atoms with E-state index < -0.39 is 0 Å². The number of piperazine rings is 1. The van der Waals surface area contributed by atoms with E-state index in [1.807, 2.05) is 17.0 Å². The summed E-state index contributed by atoms with van der Waals surface area (Å²) in [5, 5.41) is 0. The van der Waals surface area contributed by atoms with Crippen molar-refractivity contribution in [1.82, 2.24) is 14.9 Å². The molecule has 0 N–H and O–H groups in total. The predicted molar refractivity (Wildman–Crippen MR) is 116 cm³/mol. The number of aryl methyl sites for hydroxylation is 1. The lowest BCUT2D eigenvalue weighted by Gasteiger charge is -2.35. The number of nitrogens with zero attached hydrogens (tertiary/aromatic N) is 5. The molecule has 2 amide bonds. The van der Waals surface area contributed by atoms with Gasteiger partial charge in [-0.3, -0.25) is 9.59 Å². The number of rotatable bonds is 6. The highest BCUT2D eigenvalue weighted by atomic mass is 16.2. The van der Waals surface area contributed by atoms with Crippen LogP contribution in [0.1, 0.15) is 31.7 Å². The van der Waals surface area contributed by atoms with Gasteiger partial charge in [0.1, 0.15) is 0 Å². The summed E-state index contributed by atoms with van der Waals surface area (Å²) in [5.74, 6) is 0.552. The number of aromatic nitrogens is 2. The van der Waals surface area contributed by atoms with Crippen LogP contribution in [-0.2, 0) is 16.0 Å². The third-order valence-electron chi connectivity index (χ3n) is 5.97. The highest BCUT2D eigenvalue weighted by Crippen LogP contribution is 2.27. The van der Waals surface area contributed by atoms with Crippen LogP contribution < -0.4 is 9.80 Å². The first-order valence-electron chi connectivity index (χ1n) is 10.9. The van der Waals surface area contributed by atoms with E-state index in [1.165, 1.54) is 18.4 Å². The van der Waals surface area contributed by atoms with Gasteiger partial charge in [-0.2, -0.15) is 0 Å². The largest absolute Gasteiger partial charge is 0.339 e. The fourth-order valence-electron chi connectivity index (χ4n) is 4.19. The number of anilines is 2. The molecule has 0 bridgehead atoms. The topological polar surface area (TPSA) is 69.6 Å². The Bertz CT molecular complexity index is 863. The minimum Gasteiger partial charge on any atom is -0.339 e. The van der Waals surface area contributed by atoms with E-state index in [4.69, 9.17) is 0 Å². The number of unbranched alkanes of at least 4 members (excludes halogenated alkanes) is 1. The van der Waals surface area contributed by atoms with E-state index in [1.54, 1.807) is 23.4 Å². The SMILES string of the molecule is CCCCc1ccc(N2CC(C(=O)N3CCN(c4ncccn4)CC3)CC2=O)cc1. The fourth-order valence-corrected chi connectivity index (χ4v) is 4.19. The summed E-state index contributed by atoms with van der Waals surface area (Å²) in [4.78, 5) is 39.9. The second kappa shape index (κ2) is 9.24. The van der Waals surface area contributed by atoms with Gasteiger partial charge >= 0.3 is 0 Å². The molecule has 2 aliphatic heterocycles. The summed E-state index contributed by atoms with van der Waals surface area (Å²) in [5.41, 5.74) is 2.18. The number of benzene rings is 1. The third-order valence-corrected chi connectivity index (χ3v) is 5.97. The normalized spacial score (nSPS) is 19.4. The van der Waals surface area contributed by atoms with Crippen LogP contribution in [0.2, 0.25) is 0 Å².